The number of hydrogen-bond acceptors (Lipinski definition) is 1. The molecule has 3 rings (SSSR count). The molecule has 0 N–H and O–H groups in total. The fourth-order valence-electron chi connectivity index (χ4n) is 4.88. The predicted octanol–water partition coefficient (Wildman–Crippen LogP) is 9.46. The molecule has 0 aromatic carbocycles. The van der Waals surface area contributed by atoms with Gasteiger partial charge in [-0.25, -0.2) is 0 Å². The molecular weight excluding hydrogens is 402 g/mol. The second-order valence-electron chi connectivity index (χ2n) is 12.0. The van der Waals surface area contributed by atoms with Crippen molar-refractivity contribution >= 4 is 35.8 Å². The number of rotatable bonds is 3. The van der Waals surface area contributed by atoms with Crippen molar-refractivity contribution in [2.24, 2.45) is 16.2 Å². The molecule has 0 amide bonds. The van der Waals surface area contributed by atoms with E-state index in [-0.39, 0.29) is 22.8 Å². The van der Waals surface area contributed by atoms with Gasteiger partial charge in [0.1, 0.15) is 0 Å². The summed E-state index contributed by atoms with van der Waals surface area (Å²) < 4.78 is 0.636. The summed E-state index contributed by atoms with van der Waals surface area (Å²) in [5, 5.41) is 3.87. The SMILES string of the molecule is CC(C)N(C1=C(C(C)(C)C)P2P3C(C(C)(C)C)=PP1C32C(C)(C)C)C(C)C. The topological polar surface area (TPSA) is 3.24 Å². The highest BCUT2D eigenvalue weighted by atomic mass is 32.2. The lowest BCUT2D eigenvalue weighted by Gasteiger charge is -2.41. The van der Waals surface area contributed by atoms with Gasteiger partial charge >= 0.3 is 0 Å². The summed E-state index contributed by atoms with van der Waals surface area (Å²) in [5.74, 6) is 0. The highest BCUT2D eigenvalue weighted by Crippen LogP contribution is 3.24. The first-order valence-corrected chi connectivity index (χ1v) is 16.8. The largest absolute Gasteiger partial charge is 0.366 e. The van der Waals surface area contributed by atoms with Crippen LogP contribution in [-0.2, 0) is 0 Å². The van der Waals surface area contributed by atoms with Crippen LogP contribution in [0.25, 0.3) is 0 Å². The third-order valence-electron chi connectivity index (χ3n) is 5.81. The first kappa shape index (κ1) is 22.7. The van der Waals surface area contributed by atoms with Gasteiger partial charge in [-0.3, -0.25) is 0 Å². The van der Waals surface area contributed by atoms with Crippen LogP contribution in [0.2, 0.25) is 0 Å². The molecule has 0 bridgehead atoms. The molecule has 4 unspecified atom stereocenters. The van der Waals surface area contributed by atoms with Gasteiger partial charge in [-0.15, -0.1) is 0 Å². The molecule has 0 saturated carbocycles. The van der Waals surface area contributed by atoms with Crippen LogP contribution >= 0.6 is 30.7 Å². The van der Waals surface area contributed by atoms with Gasteiger partial charge in [0.05, 0.1) is 10.1 Å². The molecule has 0 aliphatic carbocycles. The number of allylic oxidation sites excluding steroid dienone is 1. The summed E-state index contributed by atoms with van der Waals surface area (Å²) in [5.41, 5.74) is 2.93. The minimum Gasteiger partial charge on any atom is -0.366 e. The Labute approximate surface area is 174 Å². The minimum atomic E-state index is -0.105. The number of nitrogens with zero attached hydrogens (tertiary/aromatic N) is 1. The Bertz CT molecular complexity index is 691. The van der Waals surface area contributed by atoms with E-state index >= 15 is 0 Å². The Morgan fingerprint density at radius 2 is 1.26 bits per heavy atom. The Balaban J connectivity index is 2.27. The van der Waals surface area contributed by atoms with Crippen molar-refractivity contribution in [3.63, 3.8) is 0 Å². The standard InChI is InChI=1S/C22H41NP4/c1-14(2)23(15(3)4)17-16(19(5,6)7)26-22(21(11,12)13)25(17)24-18(27(22)26)20(8,9)10/h14-15H,1-13H3. The van der Waals surface area contributed by atoms with Crippen molar-refractivity contribution < 1.29 is 0 Å². The van der Waals surface area contributed by atoms with Crippen LogP contribution in [0.3, 0.4) is 0 Å². The van der Waals surface area contributed by atoms with Crippen molar-refractivity contribution in [1.82, 2.24) is 4.90 Å². The average Bonchev–Trinajstić information content (AvgIpc) is 2.83. The van der Waals surface area contributed by atoms with Crippen molar-refractivity contribution in [3.05, 3.63) is 10.8 Å². The molecule has 5 heteroatoms. The lowest BCUT2D eigenvalue weighted by atomic mass is 9.96. The van der Waals surface area contributed by atoms with Crippen LogP contribution < -0.4 is 0 Å². The second kappa shape index (κ2) is 6.50. The van der Waals surface area contributed by atoms with E-state index in [0.717, 1.165) is 0 Å². The molecule has 0 spiro atoms. The highest BCUT2D eigenvalue weighted by molar-refractivity contribution is 8.69. The zero-order chi connectivity index (χ0) is 20.9. The van der Waals surface area contributed by atoms with E-state index in [1.165, 1.54) is 0 Å². The smallest absolute Gasteiger partial charge is 0.0645 e. The van der Waals surface area contributed by atoms with Crippen molar-refractivity contribution in [3.8, 4) is 0 Å². The molecule has 0 radical (unpaired) electrons. The quantitative estimate of drug-likeness (QED) is 0.393. The van der Waals surface area contributed by atoms with Crippen LogP contribution in [0.4, 0.5) is 0 Å². The summed E-state index contributed by atoms with van der Waals surface area (Å²) in [6, 6.07) is 1.18. The van der Waals surface area contributed by atoms with Gasteiger partial charge in [0.15, 0.2) is 0 Å². The lowest BCUT2D eigenvalue weighted by Crippen LogP contribution is -2.37. The van der Waals surface area contributed by atoms with Gasteiger partial charge < -0.3 is 4.90 Å². The van der Waals surface area contributed by atoms with Gasteiger partial charge in [-0.05, 0) is 69.5 Å². The molecule has 3 aliphatic heterocycles. The monoisotopic (exact) mass is 443 g/mol. The van der Waals surface area contributed by atoms with Crippen LogP contribution in [-0.4, -0.2) is 26.7 Å². The molecule has 4 atom stereocenters. The fourth-order valence-corrected chi connectivity index (χ4v) is 38.3. The maximum absolute atomic E-state index is 2.83. The molecule has 0 aromatic rings. The Kier molecular flexibility index (Phi) is 5.46. The highest BCUT2D eigenvalue weighted by Gasteiger charge is 2.83. The van der Waals surface area contributed by atoms with Crippen molar-refractivity contribution in [2.45, 2.75) is 107 Å². The molecule has 1 fully saturated rings. The Morgan fingerprint density at radius 1 is 0.778 bits per heavy atom. The maximum atomic E-state index is 2.83. The van der Waals surface area contributed by atoms with E-state index in [1.54, 1.807) is 7.89 Å². The van der Waals surface area contributed by atoms with Gasteiger partial charge in [-0.2, -0.15) is 0 Å². The normalized spacial score (nSPS) is 33.7. The summed E-state index contributed by atoms with van der Waals surface area (Å²) in [7, 11) is 1.74. The van der Waals surface area contributed by atoms with Crippen LogP contribution in [0.5, 0.6) is 0 Å². The summed E-state index contributed by atoms with van der Waals surface area (Å²) in [6.07, 6.45) is 0. The predicted molar refractivity (Wildman–Crippen MR) is 133 cm³/mol. The second-order valence-corrected chi connectivity index (χ2v) is 23.5. The number of hydrogen-bond donors (Lipinski definition) is 0. The van der Waals surface area contributed by atoms with E-state index in [0.29, 0.717) is 33.0 Å². The molecule has 1 saturated heterocycles. The summed E-state index contributed by atoms with van der Waals surface area (Å²) in [4.78, 5) is 2.83. The van der Waals surface area contributed by atoms with E-state index in [9.17, 15) is 0 Å². The van der Waals surface area contributed by atoms with Crippen LogP contribution in [0.15, 0.2) is 10.8 Å². The average molecular weight is 443 g/mol. The van der Waals surface area contributed by atoms with Crippen LogP contribution in [0, 0.1) is 16.2 Å². The van der Waals surface area contributed by atoms with Crippen molar-refractivity contribution in [2.75, 3.05) is 0 Å². The van der Waals surface area contributed by atoms with E-state index in [2.05, 4.69) is 94.9 Å². The molecular formula is C22H41NP4. The first-order valence-electron chi connectivity index (χ1n) is 10.5. The van der Waals surface area contributed by atoms with Gasteiger partial charge in [0.2, 0.25) is 0 Å². The zero-order valence-corrected chi connectivity index (χ0v) is 23.5. The summed E-state index contributed by atoms with van der Waals surface area (Å²) in [6.45, 7) is 32.3. The molecule has 3 aliphatic rings. The van der Waals surface area contributed by atoms with E-state index in [1.807, 2.05) is 15.8 Å². The zero-order valence-electron chi connectivity index (χ0n) is 19.9. The van der Waals surface area contributed by atoms with E-state index in [4.69, 9.17) is 0 Å². The Hall–Kier alpha value is 1.00. The molecule has 1 nitrogen and oxygen atoms in total. The molecule has 3 heterocycles. The van der Waals surface area contributed by atoms with Crippen LogP contribution in [0.1, 0.15) is 90.0 Å². The molecule has 154 valence electrons. The maximum Gasteiger partial charge on any atom is 0.0645 e. The van der Waals surface area contributed by atoms with Gasteiger partial charge in [0, 0.05) is 19.7 Å². The summed E-state index contributed by atoms with van der Waals surface area (Å²) >= 11 is 0. The van der Waals surface area contributed by atoms with Gasteiger partial charge in [-0.1, -0.05) is 70.2 Å². The third kappa shape index (κ3) is 3.08. The number of fused-ring (bicyclic) bond motifs is 1. The fraction of sp³-hybridized carbons (Fsp3) is 0.864. The molecule has 27 heavy (non-hydrogen) atoms. The Morgan fingerprint density at radius 3 is 1.59 bits per heavy atom. The van der Waals surface area contributed by atoms with E-state index < -0.39 is 0 Å². The molecule has 0 aromatic heterocycles. The van der Waals surface area contributed by atoms with Gasteiger partial charge in [0.25, 0.3) is 0 Å². The first-order chi connectivity index (χ1) is 12.0. The third-order valence-corrected chi connectivity index (χ3v) is 27.7. The lowest BCUT2D eigenvalue weighted by molar-refractivity contribution is 0.243. The minimum absolute atomic E-state index is 0.0268. The van der Waals surface area contributed by atoms with Crippen molar-refractivity contribution in [1.29, 1.82) is 0 Å².